The van der Waals surface area contributed by atoms with Crippen LogP contribution in [-0.4, -0.2) is 47.8 Å². The summed E-state index contributed by atoms with van der Waals surface area (Å²) in [6.07, 6.45) is 3.68. The van der Waals surface area contributed by atoms with Crippen molar-refractivity contribution in [1.29, 1.82) is 0 Å². The number of carbonyl (C=O) groups excluding carboxylic acids is 1. The van der Waals surface area contributed by atoms with E-state index in [-0.39, 0.29) is 11.9 Å². The molecule has 1 atom stereocenters. The van der Waals surface area contributed by atoms with E-state index in [2.05, 4.69) is 16.2 Å². The molecule has 1 unspecified atom stereocenters. The van der Waals surface area contributed by atoms with Crippen molar-refractivity contribution >= 4 is 5.91 Å². The Kier molecular flexibility index (Phi) is 6.50. The molecule has 0 saturated carbocycles. The number of amides is 1. The summed E-state index contributed by atoms with van der Waals surface area (Å²) >= 11 is 0. The van der Waals surface area contributed by atoms with Crippen molar-refractivity contribution in [3.05, 3.63) is 60.0 Å². The van der Waals surface area contributed by atoms with E-state index >= 15 is 0 Å². The second kappa shape index (κ2) is 9.64. The van der Waals surface area contributed by atoms with Crippen molar-refractivity contribution in [2.75, 3.05) is 20.8 Å². The third-order valence-electron chi connectivity index (χ3n) is 5.67. The Morgan fingerprint density at radius 2 is 1.94 bits per heavy atom. The zero-order valence-corrected chi connectivity index (χ0v) is 17.9. The Bertz CT molecular complexity index is 1020. The summed E-state index contributed by atoms with van der Waals surface area (Å²) in [7, 11) is 3.29. The average molecular weight is 421 g/mol. The molecule has 2 heterocycles. The molecule has 1 saturated heterocycles. The lowest BCUT2D eigenvalue weighted by atomic mass is 10.0. The molecule has 1 amide bonds. The maximum absolute atomic E-state index is 12.9. The number of carbonyl (C=O) groups is 1. The van der Waals surface area contributed by atoms with Gasteiger partial charge >= 0.3 is 0 Å². The standard InChI is InChI=1S/C24H27N3O4/c1-29-20-10-8-18(9-11-20)24-25-22(31-26-24)12-13-23(28)27-14-4-6-19(27)15-17-5-3-7-21(16-17)30-2/h3,5,7-11,16,19H,4,6,12-15H2,1-2H3. The number of likely N-dealkylation sites (tertiary alicyclic amines) is 1. The van der Waals surface area contributed by atoms with Gasteiger partial charge in [-0.1, -0.05) is 17.3 Å². The van der Waals surface area contributed by atoms with Gasteiger partial charge < -0.3 is 18.9 Å². The second-order valence-corrected chi connectivity index (χ2v) is 7.68. The summed E-state index contributed by atoms with van der Waals surface area (Å²) in [6.45, 7) is 0.800. The first-order chi connectivity index (χ1) is 15.2. The highest BCUT2D eigenvalue weighted by atomic mass is 16.5. The van der Waals surface area contributed by atoms with E-state index in [4.69, 9.17) is 14.0 Å². The number of nitrogens with zero attached hydrogens (tertiary/aromatic N) is 3. The molecule has 31 heavy (non-hydrogen) atoms. The van der Waals surface area contributed by atoms with Crippen LogP contribution < -0.4 is 9.47 Å². The van der Waals surface area contributed by atoms with Crippen LogP contribution in [0.25, 0.3) is 11.4 Å². The first-order valence-electron chi connectivity index (χ1n) is 10.6. The number of ether oxygens (including phenoxy) is 2. The van der Waals surface area contributed by atoms with E-state index in [9.17, 15) is 4.79 Å². The maximum Gasteiger partial charge on any atom is 0.227 e. The van der Waals surface area contributed by atoms with E-state index in [0.717, 1.165) is 42.9 Å². The number of hydrogen-bond donors (Lipinski definition) is 0. The summed E-state index contributed by atoms with van der Waals surface area (Å²) in [5.74, 6) is 2.74. The quantitative estimate of drug-likeness (QED) is 0.549. The highest BCUT2D eigenvalue weighted by Gasteiger charge is 2.28. The first-order valence-corrected chi connectivity index (χ1v) is 10.6. The Morgan fingerprint density at radius 3 is 2.71 bits per heavy atom. The van der Waals surface area contributed by atoms with Crippen molar-refractivity contribution in [3.63, 3.8) is 0 Å². The predicted octanol–water partition coefficient (Wildman–Crippen LogP) is 3.92. The van der Waals surface area contributed by atoms with Gasteiger partial charge in [0.25, 0.3) is 0 Å². The van der Waals surface area contributed by atoms with Crippen LogP contribution in [0.1, 0.15) is 30.7 Å². The molecule has 3 aromatic rings. The molecule has 2 aromatic carbocycles. The van der Waals surface area contributed by atoms with Crippen molar-refractivity contribution in [3.8, 4) is 22.9 Å². The smallest absolute Gasteiger partial charge is 0.227 e. The molecule has 1 aromatic heterocycles. The Morgan fingerprint density at radius 1 is 1.13 bits per heavy atom. The minimum absolute atomic E-state index is 0.134. The van der Waals surface area contributed by atoms with Crippen LogP contribution in [0.15, 0.2) is 53.1 Å². The third-order valence-corrected chi connectivity index (χ3v) is 5.67. The molecule has 7 heteroatoms. The lowest BCUT2D eigenvalue weighted by Crippen LogP contribution is -2.36. The summed E-state index contributed by atoms with van der Waals surface area (Å²) in [6, 6.07) is 15.7. The molecule has 0 N–H and O–H groups in total. The fraction of sp³-hybridized carbons (Fsp3) is 0.375. The fourth-order valence-electron chi connectivity index (χ4n) is 4.02. The molecule has 4 rings (SSSR count). The van der Waals surface area contributed by atoms with Gasteiger partial charge in [-0.15, -0.1) is 0 Å². The number of rotatable bonds is 8. The molecule has 1 fully saturated rings. The number of aryl methyl sites for hydroxylation is 1. The molecule has 0 radical (unpaired) electrons. The normalized spacial score (nSPS) is 15.8. The summed E-state index contributed by atoms with van der Waals surface area (Å²) in [5, 5.41) is 4.04. The number of benzene rings is 2. The lowest BCUT2D eigenvalue weighted by Gasteiger charge is -2.25. The SMILES string of the molecule is COc1ccc(-c2noc(CCC(=O)N3CCCC3Cc3cccc(OC)c3)n2)cc1. The van der Waals surface area contributed by atoms with Crippen LogP contribution in [0.5, 0.6) is 11.5 Å². The zero-order chi connectivity index (χ0) is 21.6. The zero-order valence-electron chi connectivity index (χ0n) is 17.9. The van der Waals surface area contributed by atoms with Gasteiger partial charge in [-0.2, -0.15) is 4.98 Å². The van der Waals surface area contributed by atoms with Gasteiger partial charge in [0.05, 0.1) is 14.2 Å². The topological polar surface area (TPSA) is 77.7 Å². The van der Waals surface area contributed by atoms with Crippen LogP contribution in [0, 0.1) is 0 Å². The molecule has 7 nitrogen and oxygen atoms in total. The molecule has 162 valence electrons. The highest BCUT2D eigenvalue weighted by molar-refractivity contribution is 5.77. The predicted molar refractivity (Wildman–Crippen MR) is 116 cm³/mol. The van der Waals surface area contributed by atoms with Gasteiger partial charge in [0.2, 0.25) is 17.6 Å². The highest BCUT2D eigenvalue weighted by Crippen LogP contribution is 2.24. The minimum atomic E-state index is 0.134. The minimum Gasteiger partial charge on any atom is -0.497 e. The summed E-state index contributed by atoms with van der Waals surface area (Å²) in [4.78, 5) is 19.3. The molecule has 0 bridgehead atoms. The van der Waals surface area contributed by atoms with Crippen molar-refractivity contribution < 1.29 is 18.8 Å². The Hall–Kier alpha value is -3.35. The van der Waals surface area contributed by atoms with Crippen LogP contribution in [-0.2, 0) is 17.6 Å². The van der Waals surface area contributed by atoms with E-state index in [1.165, 1.54) is 5.56 Å². The third kappa shape index (κ3) is 5.05. The molecular formula is C24H27N3O4. The molecule has 0 spiro atoms. The Balaban J connectivity index is 1.34. The fourth-order valence-corrected chi connectivity index (χ4v) is 4.02. The van der Waals surface area contributed by atoms with Gasteiger partial charge in [-0.3, -0.25) is 4.79 Å². The first kappa shape index (κ1) is 20.9. The van der Waals surface area contributed by atoms with E-state index in [0.29, 0.717) is 24.6 Å². The van der Waals surface area contributed by atoms with Crippen LogP contribution in [0.2, 0.25) is 0 Å². The van der Waals surface area contributed by atoms with E-state index < -0.39 is 0 Å². The second-order valence-electron chi connectivity index (χ2n) is 7.68. The van der Waals surface area contributed by atoms with Crippen LogP contribution in [0.3, 0.4) is 0 Å². The van der Waals surface area contributed by atoms with Crippen molar-refractivity contribution in [2.45, 2.75) is 38.1 Å². The van der Waals surface area contributed by atoms with Gasteiger partial charge in [-0.05, 0) is 61.2 Å². The van der Waals surface area contributed by atoms with E-state index in [1.54, 1.807) is 14.2 Å². The average Bonchev–Trinajstić information content (AvgIpc) is 3.47. The number of methoxy groups -OCH3 is 2. The van der Waals surface area contributed by atoms with Gasteiger partial charge in [0.1, 0.15) is 11.5 Å². The molecule has 1 aliphatic heterocycles. The van der Waals surface area contributed by atoms with Gasteiger partial charge in [0, 0.05) is 31.0 Å². The summed E-state index contributed by atoms with van der Waals surface area (Å²) < 4.78 is 15.8. The number of hydrogen-bond acceptors (Lipinski definition) is 6. The van der Waals surface area contributed by atoms with Crippen LogP contribution >= 0.6 is 0 Å². The molecule has 1 aliphatic rings. The van der Waals surface area contributed by atoms with Crippen molar-refractivity contribution in [1.82, 2.24) is 15.0 Å². The molecule has 0 aliphatic carbocycles. The van der Waals surface area contributed by atoms with Gasteiger partial charge in [0.15, 0.2) is 0 Å². The maximum atomic E-state index is 12.9. The van der Waals surface area contributed by atoms with Gasteiger partial charge in [-0.25, -0.2) is 0 Å². The Labute approximate surface area is 182 Å². The molecular weight excluding hydrogens is 394 g/mol. The largest absolute Gasteiger partial charge is 0.497 e. The van der Waals surface area contributed by atoms with Crippen molar-refractivity contribution in [2.24, 2.45) is 0 Å². The monoisotopic (exact) mass is 421 g/mol. The van der Waals surface area contributed by atoms with Crippen LogP contribution in [0.4, 0.5) is 0 Å². The van der Waals surface area contributed by atoms with E-state index in [1.807, 2.05) is 47.4 Å². The lowest BCUT2D eigenvalue weighted by molar-refractivity contribution is -0.132. The summed E-state index contributed by atoms with van der Waals surface area (Å²) in [5.41, 5.74) is 2.03. The number of aromatic nitrogens is 2.